The summed E-state index contributed by atoms with van der Waals surface area (Å²) in [5.41, 5.74) is 2.78. The van der Waals surface area contributed by atoms with E-state index in [4.69, 9.17) is 0 Å². The molecule has 106 valence electrons. The van der Waals surface area contributed by atoms with E-state index < -0.39 is 0 Å². The Bertz CT molecular complexity index is 565. The van der Waals surface area contributed by atoms with Crippen molar-refractivity contribution in [3.63, 3.8) is 0 Å². The van der Waals surface area contributed by atoms with Gasteiger partial charge in [0.15, 0.2) is 0 Å². The van der Waals surface area contributed by atoms with Crippen molar-refractivity contribution in [2.45, 2.75) is 45.7 Å². The first-order valence-electron chi connectivity index (χ1n) is 7.52. The first-order valence-corrected chi connectivity index (χ1v) is 8.34. The van der Waals surface area contributed by atoms with Crippen molar-refractivity contribution in [3.8, 4) is 0 Å². The Labute approximate surface area is 126 Å². The van der Waals surface area contributed by atoms with Crippen molar-refractivity contribution in [1.82, 2.24) is 5.32 Å². The molecule has 0 spiro atoms. The molecule has 20 heavy (non-hydrogen) atoms. The molecule has 1 nitrogen and oxygen atoms in total. The van der Waals surface area contributed by atoms with E-state index in [0.717, 1.165) is 5.92 Å². The van der Waals surface area contributed by atoms with Crippen LogP contribution in [-0.2, 0) is 0 Å². The first-order chi connectivity index (χ1) is 9.63. The highest BCUT2D eigenvalue weighted by atomic mass is 32.1. The van der Waals surface area contributed by atoms with Gasteiger partial charge in [0.25, 0.3) is 0 Å². The Morgan fingerprint density at radius 3 is 2.30 bits per heavy atom. The average Bonchev–Trinajstić information content (AvgIpc) is 3.18. The van der Waals surface area contributed by atoms with Crippen molar-refractivity contribution in [2.24, 2.45) is 5.92 Å². The lowest BCUT2D eigenvalue weighted by Crippen LogP contribution is -2.25. The minimum atomic E-state index is 0.431. The van der Waals surface area contributed by atoms with Gasteiger partial charge in [-0.2, -0.15) is 0 Å². The summed E-state index contributed by atoms with van der Waals surface area (Å²) in [5, 5.41) is 3.85. The molecule has 1 N–H and O–H groups in total. The van der Waals surface area contributed by atoms with Gasteiger partial charge >= 0.3 is 0 Å². The predicted molar refractivity (Wildman–Crippen MR) is 87.3 cm³/mol. The fourth-order valence-corrected chi connectivity index (χ4v) is 3.63. The standard InChI is InChI=1S/C18H23NS/c1-12-4-7-15(8-5-12)18(16-9-10-16)19-14(3)17-11-6-13(2)20-17/h4-8,11,14,16,18-19H,9-10H2,1-3H3. The van der Waals surface area contributed by atoms with Crippen LogP contribution in [0.2, 0.25) is 0 Å². The molecule has 1 aliphatic rings. The van der Waals surface area contributed by atoms with Crippen LogP contribution in [-0.4, -0.2) is 0 Å². The average molecular weight is 285 g/mol. The Balaban J connectivity index is 1.76. The summed E-state index contributed by atoms with van der Waals surface area (Å²) < 4.78 is 0. The maximum Gasteiger partial charge on any atom is 0.0391 e. The minimum absolute atomic E-state index is 0.431. The normalized spacial score (nSPS) is 17.9. The van der Waals surface area contributed by atoms with Crippen LogP contribution in [0.25, 0.3) is 0 Å². The van der Waals surface area contributed by atoms with E-state index in [1.54, 1.807) is 0 Å². The van der Waals surface area contributed by atoms with Gasteiger partial charge in [0.2, 0.25) is 0 Å². The van der Waals surface area contributed by atoms with E-state index in [1.165, 1.54) is 33.7 Å². The van der Waals surface area contributed by atoms with Crippen molar-refractivity contribution >= 4 is 11.3 Å². The minimum Gasteiger partial charge on any atom is -0.302 e. The highest BCUT2D eigenvalue weighted by Gasteiger charge is 2.33. The van der Waals surface area contributed by atoms with E-state index in [-0.39, 0.29) is 0 Å². The van der Waals surface area contributed by atoms with E-state index >= 15 is 0 Å². The fraction of sp³-hybridized carbons (Fsp3) is 0.444. The maximum atomic E-state index is 3.85. The van der Waals surface area contributed by atoms with Gasteiger partial charge in [-0.3, -0.25) is 0 Å². The summed E-state index contributed by atoms with van der Waals surface area (Å²) in [6, 6.07) is 14.5. The molecule has 1 saturated carbocycles. The summed E-state index contributed by atoms with van der Waals surface area (Å²) in [4.78, 5) is 2.84. The fourth-order valence-electron chi connectivity index (χ4n) is 2.75. The molecule has 0 radical (unpaired) electrons. The zero-order valence-electron chi connectivity index (χ0n) is 12.5. The number of rotatable bonds is 5. The highest BCUT2D eigenvalue weighted by molar-refractivity contribution is 7.12. The summed E-state index contributed by atoms with van der Waals surface area (Å²) in [6.45, 7) is 6.62. The molecule has 1 heterocycles. The Morgan fingerprint density at radius 2 is 1.75 bits per heavy atom. The zero-order chi connectivity index (χ0) is 14.1. The molecule has 0 bridgehead atoms. The van der Waals surface area contributed by atoms with Gasteiger partial charge < -0.3 is 5.32 Å². The third-order valence-corrected chi connectivity index (χ3v) is 5.33. The molecule has 1 aromatic heterocycles. The quantitative estimate of drug-likeness (QED) is 0.799. The molecule has 2 heteroatoms. The molecule has 3 rings (SSSR count). The molecular weight excluding hydrogens is 262 g/mol. The van der Waals surface area contributed by atoms with Crippen LogP contribution in [0.3, 0.4) is 0 Å². The van der Waals surface area contributed by atoms with Crippen LogP contribution in [0.1, 0.15) is 52.7 Å². The summed E-state index contributed by atoms with van der Waals surface area (Å²) in [7, 11) is 0. The molecule has 0 amide bonds. The van der Waals surface area contributed by atoms with E-state index in [0.29, 0.717) is 12.1 Å². The summed E-state index contributed by atoms with van der Waals surface area (Å²) in [5.74, 6) is 0.821. The van der Waals surface area contributed by atoms with E-state index in [9.17, 15) is 0 Å². The largest absolute Gasteiger partial charge is 0.302 e. The van der Waals surface area contributed by atoms with Gasteiger partial charge in [-0.1, -0.05) is 29.8 Å². The van der Waals surface area contributed by atoms with Crippen LogP contribution in [0.5, 0.6) is 0 Å². The van der Waals surface area contributed by atoms with Gasteiger partial charge in [-0.05, 0) is 57.2 Å². The number of thiophene rings is 1. The molecule has 1 aliphatic carbocycles. The van der Waals surface area contributed by atoms with E-state index in [2.05, 4.69) is 62.5 Å². The lowest BCUT2D eigenvalue weighted by molar-refractivity contribution is 0.431. The van der Waals surface area contributed by atoms with E-state index in [1.807, 2.05) is 11.3 Å². The number of nitrogens with one attached hydrogen (secondary N) is 1. The van der Waals surface area contributed by atoms with Crippen LogP contribution in [0, 0.1) is 19.8 Å². The number of hydrogen-bond acceptors (Lipinski definition) is 2. The molecule has 0 saturated heterocycles. The maximum absolute atomic E-state index is 3.85. The van der Waals surface area contributed by atoms with Crippen molar-refractivity contribution < 1.29 is 0 Å². The van der Waals surface area contributed by atoms with Crippen LogP contribution < -0.4 is 5.32 Å². The topological polar surface area (TPSA) is 12.0 Å². The highest BCUT2D eigenvalue weighted by Crippen LogP contribution is 2.42. The van der Waals surface area contributed by atoms with Crippen LogP contribution >= 0.6 is 11.3 Å². The third-order valence-electron chi connectivity index (χ3n) is 4.15. The van der Waals surface area contributed by atoms with Gasteiger partial charge in [-0.25, -0.2) is 0 Å². The van der Waals surface area contributed by atoms with Crippen molar-refractivity contribution in [3.05, 3.63) is 57.3 Å². The second-order valence-corrected chi connectivity index (χ2v) is 7.38. The van der Waals surface area contributed by atoms with Crippen molar-refractivity contribution in [2.75, 3.05) is 0 Å². The summed E-state index contributed by atoms with van der Waals surface area (Å²) >= 11 is 1.91. The predicted octanol–water partition coefficient (Wildman–Crippen LogP) is 5.17. The zero-order valence-corrected chi connectivity index (χ0v) is 13.3. The number of hydrogen-bond donors (Lipinski definition) is 1. The SMILES string of the molecule is Cc1ccc(C(NC(C)c2ccc(C)s2)C2CC2)cc1. The second-order valence-electron chi connectivity index (χ2n) is 6.06. The van der Waals surface area contributed by atoms with Crippen LogP contribution in [0.15, 0.2) is 36.4 Å². The first kappa shape index (κ1) is 13.8. The molecular formula is C18H23NS. The number of benzene rings is 1. The van der Waals surface area contributed by atoms with Crippen LogP contribution in [0.4, 0.5) is 0 Å². The lowest BCUT2D eigenvalue weighted by Gasteiger charge is -2.23. The molecule has 1 aromatic carbocycles. The molecule has 2 atom stereocenters. The number of aryl methyl sites for hydroxylation is 2. The second kappa shape index (κ2) is 5.71. The Hall–Kier alpha value is -1.12. The third kappa shape index (κ3) is 3.13. The van der Waals surface area contributed by atoms with Gasteiger partial charge in [-0.15, -0.1) is 11.3 Å². The molecule has 2 aromatic rings. The molecule has 2 unspecified atom stereocenters. The summed E-state index contributed by atoms with van der Waals surface area (Å²) in [6.07, 6.45) is 2.73. The van der Waals surface area contributed by atoms with Gasteiger partial charge in [0, 0.05) is 21.8 Å². The molecule has 1 fully saturated rings. The monoisotopic (exact) mass is 285 g/mol. The smallest absolute Gasteiger partial charge is 0.0391 e. The van der Waals surface area contributed by atoms with Gasteiger partial charge in [0.05, 0.1) is 0 Å². The molecule has 0 aliphatic heterocycles. The Morgan fingerprint density at radius 1 is 1.05 bits per heavy atom. The Kier molecular flexibility index (Phi) is 3.95. The van der Waals surface area contributed by atoms with Crippen molar-refractivity contribution in [1.29, 1.82) is 0 Å². The van der Waals surface area contributed by atoms with Gasteiger partial charge in [0.1, 0.15) is 0 Å². The lowest BCUT2D eigenvalue weighted by atomic mass is 10.00.